The third kappa shape index (κ3) is 4.07. The molecule has 3 aliphatic heterocycles. The first-order valence-electron chi connectivity index (χ1n) is 15.1. The van der Waals surface area contributed by atoms with Gasteiger partial charge in [-0.25, -0.2) is 0 Å². The summed E-state index contributed by atoms with van der Waals surface area (Å²) in [5.74, 6) is -5.31. The number of carbonyl (C=O) groups excluding carboxylic acids is 4. The van der Waals surface area contributed by atoms with Gasteiger partial charge in [0.2, 0.25) is 11.8 Å². The van der Waals surface area contributed by atoms with Crippen LogP contribution >= 0.6 is 23.2 Å². The number of alkyl halides is 2. The number of hydrogen-bond donors (Lipinski definition) is 1. The van der Waals surface area contributed by atoms with Gasteiger partial charge in [-0.1, -0.05) is 11.6 Å². The van der Waals surface area contributed by atoms with Crippen LogP contribution in [0.5, 0.6) is 17.2 Å². The lowest BCUT2D eigenvalue weighted by Gasteiger charge is -2.51. The normalized spacial score (nSPS) is 32.3. The van der Waals surface area contributed by atoms with Gasteiger partial charge in [0.1, 0.15) is 17.2 Å². The fourth-order valence-corrected chi connectivity index (χ4v) is 9.16. The van der Waals surface area contributed by atoms with E-state index in [4.69, 9.17) is 37.4 Å². The van der Waals surface area contributed by atoms with Crippen LogP contribution in [0.15, 0.2) is 48.0 Å². The van der Waals surface area contributed by atoms with Crippen LogP contribution < -0.4 is 19.3 Å². The molecule has 1 saturated carbocycles. The van der Waals surface area contributed by atoms with Crippen molar-refractivity contribution in [2.75, 3.05) is 57.4 Å². The number of halogens is 2. The molecular formula is C33H33Cl2N3O8. The number of hydrogen-bond acceptors (Lipinski definition) is 9. The van der Waals surface area contributed by atoms with Gasteiger partial charge in [0.05, 0.1) is 45.0 Å². The van der Waals surface area contributed by atoms with E-state index in [0.29, 0.717) is 30.0 Å². The van der Waals surface area contributed by atoms with E-state index < -0.39 is 51.1 Å². The van der Waals surface area contributed by atoms with Crippen LogP contribution in [0.4, 0.5) is 11.4 Å². The number of morpholine rings is 1. The molecule has 3 heterocycles. The minimum Gasteiger partial charge on any atom is -0.508 e. The van der Waals surface area contributed by atoms with E-state index in [0.717, 1.165) is 23.7 Å². The molecule has 7 rings (SSSR count). The summed E-state index contributed by atoms with van der Waals surface area (Å²) in [6.07, 6.45) is 1.92. The summed E-state index contributed by atoms with van der Waals surface area (Å²) in [6.45, 7) is 2.75. The third-order valence-corrected chi connectivity index (χ3v) is 11.7. The largest absolute Gasteiger partial charge is 0.508 e. The van der Waals surface area contributed by atoms with Gasteiger partial charge in [-0.15, -0.1) is 23.2 Å². The zero-order chi connectivity index (χ0) is 32.7. The molecule has 4 fully saturated rings. The Kier molecular flexibility index (Phi) is 7.30. The molecule has 4 amide bonds. The summed E-state index contributed by atoms with van der Waals surface area (Å²) in [6, 6.07) is 10.0. The molecular weight excluding hydrogens is 637 g/mol. The van der Waals surface area contributed by atoms with Gasteiger partial charge in [0.25, 0.3) is 11.8 Å². The summed E-state index contributed by atoms with van der Waals surface area (Å²) in [7, 11) is 4.12. The average Bonchev–Trinajstić information content (AvgIpc) is 3.39. The van der Waals surface area contributed by atoms with Gasteiger partial charge in [-0.2, -0.15) is 0 Å². The first-order chi connectivity index (χ1) is 22.0. The van der Waals surface area contributed by atoms with E-state index in [9.17, 15) is 24.3 Å². The molecule has 2 aromatic rings. The smallest absolute Gasteiger partial charge is 0.253 e. The van der Waals surface area contributed by atoms with E-state index in [1.165, 1.54) is 38.3 Å². The van der Waals surface area contributed by atoms with E-state index in [1.54, 1.807) is 12.1 Å². The number of amides is 4. The van der Waals surface area contributed by atoms with Crippen molar-refractivity contribution in [3.63, 3.8) is 0 Å². The summed E-state index contributed by atoms with van der Waals surface area (Å²) >= 11 is 14.6. The van der Waals surface area contributed by atoms with Crippen molar-refractivity contribution in [2.45, 2.75) is 28.5 Å². The number of carbonyl (C=O) groups is 4. The Hall–Kier alpha value is -3.80. The van der Waals surface area contributed by atoms with Gasteiger partial charge >= 0.3 is 0 Å². The highest BCUT2D eigenvalue weighted by Crippen LogP contribution is 2.67. The van der Waals surface area contributed by atoms with E-state index in [-0.39, 0.29) is 36.0 Å². The summed E-state index contributed by atoms with van der Waals surface area (Å²) in [4.78, 5) is 56.3. The number of aromatic hydroxyl groups is 1. The SMILES string of the molecule is COc1cc(O)cc(OC)c1[C@H]1C2=CC[C@@H]3C(=O)N(c4ccc(N5CCOCC5)cc4)C(=O)[C@@H]3[C@@H]2C[C@@]2(Cl)C(=O)N(C)C(=O)[C@@]12Cl. The zero-order valence-corrected chi connectivity index (χ0v) is 27.0. The number of anilines is 2. The summed E-state index contributed by atoms with van der Waals surface area (Å²) in [5, 5.41) is 10.4. The molecule has 1 N–H and O–H groups in total. The number of benzene rings is 2. The summed E-state index contributed by atoms with van der Waals surface area (Å²) < 4.78 is 16.8. The standard InChI is InChI=1S/C33H33Cl2N3O8/c1-36-30(42)32(34)16-22-20(27(33(32,35)31(36)43)26-23(44-2)14-19(39)15-24(26)45-3)8-9-21-25(22)29(41)38(28(21)40)18-6-4-17(5-7-18)37-10-12-46-13-11-37/h4-8,14-15,21-22,25,27,39H,9-13,16H2,1-3H3/t21-,22+,25-,27+,32+,33-/m0/s1. The lowest BCUT2D eigenvalue weighted by Crippen LogP contribution is -2.60. The number of phenols is 1. The van der Waals surface area contributed by atoms with Crippen molar-refractivity contribution < 1.29 is 38.5 Å². The predicted molar refractivity (Wildman–Crippen MR) is 169 cm³/mol. The van der Waals surface area contributed by atoms with Crippen molar-refractivity contribution in [3.05, 3.63) is 53.6 Å². The molecule has 242 valence electrons. The van der Waals surface area contributed by atoms with Gasteiger partial charge in [-0.3, -0.25) is 29.0 Å². The number of rotatable bonds is 5. The van der Waals surface area contributed by atoms with E-state index in [1.807, 2.05) is 18.2 Å². The Bertz CT molecular complexity index is 1670. The van der Waals surface area contributed by atoms with Crippen LogP contribution in [-0.2, 0) is 23.9 Å². The van der Waals surface area contributed by atoms with E-state index in [2.05, 4.69) is 4.90 Å². The molecule has 5 aliphatic rings. The van der Waals surface area contributed by atoms with Crippen LogP contribution in [0, 0.1) is 17.8 Å². The van der Waals surface area contributed by atoms with Crippen LogP contribution in [0.25, 0.3) is 0 Å². The van der Waals surface area contributed by atoms with Crippen molar-refractivity contribution in [1.29, 1.82) is 0 Å². The third-order valence-electron chi connectivity index (χ3n) is 10.3. The Labute approximate surface area is 275 Å². The monoisotopic (exact) mass is 669 g/mol. The van der Waals surface area contributed by atoms with Crippen LogP contribution in [0.2, 0.25) is 0 Å². The Morgan fingerprint density at radius 3 is 2.11 bits per heavy atom. The molecule has 0 aromatic heterocycles. The number of imide groups is 2. The summed E-state index contributed by atoms with van der Waals surface area (Å²) in [5.41, 5.74) is 2.32. The van der Waals surface area contributed by atoms with Crippen molar-refractivity contribution in [1.82, 2.24) is 4.90 Å². The molecule has 6 atom stereocenters. The maximum atomic E-state index is 14.3. The second-order valence-corrected chi connectivity index (χ2v) is 13.6. The second kappa shape index (κ2) is 10.9. The Morgan fingerprint density at radius 2 is 1.50 bits per heavy atom. The van der Waals surface area contributed by atoms with Crippen molar-refractivity contribution >= 4 is 58.2 Å². The molecule has 13 heteroatoms. The number of methoxy groups -OCH3 is 2. The lowest BCUT2D eigenvalue weighted by molar-refractivity contribution is -0.138. The minimum atomic E-state index is -2.02. The number of allylic oxidation sites excluding steroid dienone is 2. The fourth-order valence-electron chi connectivity index (χ4n) is 8.16. The van der Waals surface area contributed by atoms with Crippen LogP contribution in [0.1, 0.15) is 24.3 Å². The number of fused-ring (bicyclic) bond motifs is 4. The van der Waals surface area contributed by atoms with Crippen LogP contribution in [0.3, 0.4) is 0 Å². The highest BCUT2D eigenvalue weighted by Gasteiger charge is 2.76. The number of phenolic OH excluding ortho intramolecular Hbond substituents is 1. The first kappa shape index (κ1) is 30.8. The van der Waals surface area contributed by atoms with Crippen LogP contribution in [-0.4, -0.2) is 91.0 Å². The molecule has 0 radical (unpaired) electrons. The maximum Gasteiger partial charge on any atom is 0.253 e. The van der Waals surface area contributed by atoms with Gasteiger partial charge in [0, 0.05) is 49.4 Å². The highest BCUT2D eigenvalue weighted by molar-refractivity contribution is 6.53. The Balaban J connectivity index is 1.33. The molecule has 46 heavy (non-hydrogen) atoms. The minimum absolute atomic E-state index is 0.137. The highest BCUT2D eigenvalue weighted by atomic mass is 35.5. The lowest BCUT2D eigenvalue weighted by atomic mass is 9.56. The van der Waals surface area contributed by atoms with Crippen molar-refractivity contribution in [2.24, 2.45) is 17.8 Å². The predicted octanol–water partition coefficient (Wildman–Crippen LogP) is 3.44. The number of nitrogens with zero attached hydrogens (tertiary/aromatic N) is 3. The molecule has 0 bridgehead atoms. The molecule has 0 unspecified atom stereocenters. The maximum absolute atomic E-state index is 14.3. The fraction of sp³-hybridized carbons (Fsp3) is 0.455. The van der Waals surface area contributed by atoms with Gasteiger partial charge in [0.15, 0.2) is 9.75 Å². The second-order valence-electron chi connectivity index (χ2n) is 12.4. The molecule has 11 nitrogen and oxygen atoms in total. The number of likely N-dealkylation sites (tertiary alicyclic amines) is 1. The van der Waals surface area contributed by atoms with E-state index >= 15 is 0 Å². The van der Waals surface area contributed by atoms with Gasteiger partial charge < -0.3 is 24.2 Å². The molecule has 2 aromatic carbocycles. The molecule has 0 spiro atoms. The number of ether oxygens (including phenoxy) is 3. The quantitative estimate of drug-likeness (QED) is 0.289. The Morgan fingerprint density at radius 1 is 0.891 bits per heavy atom. The topological polar surface area (TPSA) is 126 Å². The van der Waals surface area contributed by atoms with Crippen molar-refractivity contribution in [3.8, 4) is 17.2 Å². The molecule has 3 saturated heterocycles. The molecule has 2 aliphatic carbocycles. The first-order valence-corrected chi connectivity index (χ1v) is 15.9. The average molecular weight is 671 g/mol. The zero-order valence-electron chi connectivity index (χ0n) is 25.5. The van der Waals surface area contributed by atoms with Gasteiger partial charge in [-0.05, 0) is 43.0 Å².